The smallest absolute Gasteiger partial charge is 0.256 e. The first-order valence-electron chi connectivity index (χ1n) is 11.6. The number of carbonyl (C=O) groups is 2. The van der Waals surface area contributed by atoms with Crippen molar-refractivity contribution in [3.05, 3.63) is 94.6 Å². The highest BCUT2D eigenvalue weighted by atomic mass is 16.3. The van der Waals surface area contributed by atoms with Crippen molar-refractivity contribution in [2.75, 3.05) is 18.4 Å². The molecule has 8 nitrogen and oxygen atoms in total. The Balaban J connectivity index is 1.45. The van der Waals surface area contributed by atoms with Gasteiger partial charge in [-0.15, -0.1) is 0 Å². The third kappa shape index (κ3) is 4.56. The molecule has 0 spiro atoms. The number of allylic oxidation sites excluding steroid dienone is 2. The van der Waals surface area contributed by atoms with Gasteiger partial charge in [0, 0.05) is 35.6 Å². The Kier molecular flexibility index (Phi) is 6.12. The highest BCUT2D eigenvalue weighted by Crippen LogP contribution is 2.35. The summed E-state index contributed by atoms with van der Waals surface area (Å²) in [5.41, 5.74) is 5.90. The van der Waals surface area contributed by atoms with E-state index in [4.69, 9.17) is 0 Å². The van der Waals surface area contributed by atoms with E-state index in [-0.39, 0.29) is 24.0 Å². The number of benzene rings is 2. The van der Waals surface area contributed by atoms with Gasteiger partial charge in [-0.2, -0.15) is 0 Å². The molecule has 0 bridgehead atoms. The number of hydrogen-bond acceptors (Lipinski definition) is 6. The number of H-pyrrole nitrogens is 1. The van der Waals surface area contributed by atoms with Crippen LogP contribution in [0.4, 0.5) is 11.4 Å². The number of amides is 1. The first-order valence-corrected chi connectivity index (χ1v) is 11.6. The number of carbonyl (C=O) groups excluding carboxylic acids is 2. The second-order valence-corrected chi connectivity index (χ2v) is 8.50. The van der Waals surface area contributed by atoms with Gasteiger partial charge < -0.3 is 31.4 Å². The van der Waals surface area contributed by atoms with Gasteiger partial charge in [0.1, 0.15) is 11.6 Å². The molecule has 35 heavy (non-hydrogen) atoms. The predicted molar refractivity (Wildman–Crippen MR) is 136 cm³/mol. The zero-order valence-electron chi connectivity index (χ0n) is 19.4. The Morgan fingerprint density at radius 2 is 1.94 bits per heavy atom. The lowest BCUT2D eigenvalue weighted by Gasteiger charge is -2.18. The van der Waals surface area contributed by atoms with Crippen molar-refractivity contribution in [3.63, 3.8) is 0 Å². The van der Waals surface area contributed by atoms with Crippen LogP contribution >= 0.6 is 0 Å². The summed E-state index contributed by atoms with van der Waals surface area (Å²) in [5.74, 6) is 0.345. The lowest BCUT2D eigenvalue weighted by Crippen LogP contribution is -2.33. The fraction of sp³-hybridized carbons (Fsp3) is 0.185. The van der Waals surface area contributed by atoms with Gasteiger partial charge in [0.2, 0.25) is 0 Å². The Labute approximate surface area is 203 Å². The monoisotopic (exact) mass is 469 g/mol. The number of fused-ring (bicyclic) bond motifs is 1. The van der Waals surface area contributed by atoms with Gasteiger partial charge in [0.25, 0.3) is 5.91 Å². The second kappa shape index (κ2) is 9.52. The van der Waals surface area contributed by atoms with Gasteiger partial charge in [0.15, 0.2) is 5.78 Å². The average Bonchev–Trinajstić information content (AvgIpc) is 3.24. The molecule has 0 radical (unpaired) electrons. The third-order valence-electron chi connectivity index (χ3n) is 6.17. The van der Waals surface area contributed by atoms with Crippen LogP contribution in [0, 0.1) is 0 Å². The van der Waals surface area contributed by atoms with Crippen LogP contribution in [0.15, 0.2) is 66.5 Å². The summed E-state index contributed by atoms with van der Waals surface area (Å²) in [4.78, 5) is 29.0. The number of ketones is 1. The van der Waals surface area contributed by atoms with E-state index in [1.54, 1.807) is 12.1 Å². The van der Waals surface area contributed by atoms with Gasteiger partial charge in [0.05, 0.1) is 23.5 Å². The average molecular weight is 470 g/mol. The molecule has 0 aliphatic carbocycles. The van der Waals surface area contributed by atoms with Crippen LogP contribution in [0.3, 0.4) is 0 Å². The second-order valence-electron chi connectivity index (χ2n) is 8.50. The Morgan fingerprint density at radius 3 is 2.71 bits per heavy atom. The number of aromatic nitrogens is 1. The zero-order valence-corrected chi connectivity index (χ0v) is 19.4. The van der Waals surface area contributed by atoms with Gasteiger partial charge in [-0.25, -0.2) is 0 Å². The van der Waals surface area contributed by atoms with Gasteiger partial charge in [-0.1, -0.05) is 37.3 Å². The molecule has 0 saturated heterocycles. The van der Waals surface area contributed by atoms with Crippen LogP contribution in [-0.2, 0) is 13.0 Å². The summed E-state index contributed by atoms with van der Waals surface area (Å²) >= 11 is 0. The van der Waals surface area contributed by atoms with E-state index in [9.17, 15) is 14.7 Å². The van der Waals surface area contributed by atoms with Crippen LogP contribution < -0.4 is 21.3 Å². The molecule has 178 valence electrons. The predicted octanol–water partition coefficient (Wildman–Crippen LogP) is 3.57. The number of aryl methyl sites for hydroxylation is 1. The molecule has 0 atom stereocenters. The molecule has 2 aliphatic heterocycles. The van der Waals surface area contributed by atoms with Crippen molar-refractivity contribution in [1.82, 2.24) is 20.9 Å². The maximum absolute atomic E-state index is 12.8. The first kappa shape index (κ1) is 22.5. The van der Waals surface area contributed by atoms with E-state index in [1.807, 2.05) is 49.4 Å². The quantitative estimate of drug-likeness (QED) is 0.329. The van der Waals surface area contributed by atoms with Gasteiger partial charge in [-0.3, -0.25) is 9.59 Å². The molecule has 0 saturated carbocycles. The highest BCUT2D eigenvalue weighted by Gasteiger charge is 2.27. The van der Waals surface area contributed by atoms with Crippen LogP contribution in [0.25, 0.3) is 5.57 Å². The lowest BCUT2D eigenvalue weighted by atomic mass is 10.0. The Morgan fingerprint density at radius 1 is 1.11 bits per heavy atom. The van der Waals surface area contributed by atoms with Crippen molar-refractivity contribution in [2.24, 2.45) is 0 Å². The van der Waals surface area contributed by atoms with Gasteiger partial charge in [-0.05, 0) is 42.3 Å². The molecule has 6 N–H and O–H groups in total. The van der Waals surface area contributed by atoms with Crippen molar-refractivity contribution < 1.29 is 14.7 Å². The van der Waals surface area contributed by atoms with E-state index >= 15 is 0 Å². The highest BCUT2D eigenvalue weighted by molar-refractivity contribution is 6.08. The number of rotatable bonds is 6. The van der Waals surface area contributed by atoms with Crippen LogP contribution in [0.1, 0.15) is 44.6 Å². The molecule has 2 aliphatic rings. The van der Waals surface area contributed by atoms with Gasteiger partial charge >= 0.3 is 0 Å². The molecule has 3 aromatic rings. The topological polar surface area (TPSA) is 118 Å². The number of aromatic amines is 1. The Hall–Kier alpha value is -4.30. The van der Waals surface area contributed by atoms with Crippen molar-refractivity contribution >= 4 is 28.6 Å². The third-order valence-corrected chi connectivity index (χ3v) is 6.17. The molecule has 0 fully saturated rings. The molecule has 1 amide bonds. The fourth-order valence-corrected chi connectivity index (χ4v) is 4.38. The lowest BCUT2D eigenvalue weighted by molar-refractivity contribution is 0.0960. The number of para-hydroxylation sites is 1. The zero-order chi connectivity index (χ0) is 24.4. The standard InChI is InChI=1S/C27H27N5O3/c1-2-16-8-9-18(12-21(16)33)27(35)32-23-13-17(10-11-29-23)25-26(30-19-6-4-3-5-7-19)24-20(31-25)14-28-15-22(24)34/h3-10,12-13,28-31,33H,2,11,14-15H2,1H3,(H,32,35). The summed E-state index contributed by atoms with van der Waals surface area (Å²) in [7, 11) is 0. The molecule has 3 heterocycles. The van der Waals surface area contributed by atoms with Crippen molar-refractivity contribution in [1.29, 1.82) is 0 Å². The van der Waals surface area contributed by atoms with E-state index in [1.165, 1.54) is 6.07 Å². The number of phenolic OH excluding ortho intramolecular Hbond substituents is 1. The van der Waals surface area contributed by atoms with Crippen molar-refractivity contribution in [2.45, 2.75) is 19.9 Å². The maximum atomic E-state index is 12.8. The number of anilines is 2. The summed E-state index contributed by atoms with van der Waals surface area (Å²) < 4.78 is 0. The first-order chi connectivity index (χ1) is 17.0. The fourth-order valence-electron chi connectivity index (χ4n) is 4.38. The molecular formula is C27H27N5O3. The number of aromatic hydroxyl groups is 1. The van der Waals surface area contributed by atoms with Crippen LogP contribution in [-0.4, -0.2) is 34.9 Å². The number of phenols is 1. The minimum atomic E-state index is -0.323. The molecule has 8 heteroatoms. The van der Waals surface area contributed by atoms with E-state index in [2.05, 4.69) is 26.3 Å². The summed E-state index contributed by atoms with van der Waals surface area (Å²) in [6.07, 6.45) is 4.53. The van der Waals surface area contributed by atoms with Crippen LogP contribution in [0.2, 0.25) is 0 Å². The Bertz CT molecular complexity index is 1350. The van der Waals surface area contributed by atoms with Crippen molar-refractivity contribution in [3.8, 4) is 5.75 Å². The summed E-state index contributed by atoms with van der Waals surface area (Å²) in [5, 5.41) is 22.7. The normalized spacial score (nSPS) is 14.9. The number of Topliss-reactive ketones (excluding diaryl/α,β-unsaturated/α-hetero) is 1. The minimum absolute atomic E-state index is 0.0227. The number of hydrogen-bond donors (Lipinski definition) is 6. The molecule has 2 aromatic carbocycles. The number of nitrogens with one attached hydrogen (secondary N) is 5. The number of dihydropyridines is 1. The minimum Gasteiger partial charge on any atom is -0.508 e. The molecule has 5 rings (SSSR count). The van der Waals surface area contributed by atoms with E-state index in [0.29, 0.717) is 36.5 Å². The summed E-state index contributed by atoms with van der Waals surface area (Å²) in [6, 6.07) is 14.7. The molecular weight excluding hydrogens is 442 g/mol. The SMILES string of the molecule is CCc1ccc(C(=O)NC2=CC(c3[nH]c4c(c3Nc3ccccc3)C(=O)CNC4)=CCN2)cc1O. The van der Waals surface area contributed by atoms with E-state index < -0.39 is 0 Å². The largest absolute Gasteiger partial charge is 0.508 e. The maximum Gasteiger partial charge on any atom is 0.256 e. The summed E-state index contributed by atoms with van der Waals surface area (Å²) in [6.45, 7) is 3.31. The molecule has 1 aromatic heterocycles. The molecule has 0 unspecified atom stereocenters. The van der Waals surface area contributed by atoms with E-state index in [0.717, 1.165) is 33.9 Å². The van der Waals surface area contributed by atoms with Crippen LogP contribution in [0.5, 0.6) is 5.75 Å².